The first-order valence-electron chi connectivity index (χ1n) is 3.59. The summed E-state index contributed by atoms with van der Waals surface area (Å²) in [6.45, 7) is 3.66. The third kappa shape index (κ3) is 0.510. The molecule has 1 saturated heterocycles. The van der Waals surface area contributed by atoms with Crippen LogP contribution >= 0.6 is 0 Å². The molecule has 0 aromatic rings. The van der Waals surface area contributed by atoms with E-state index in [1.165, 1.54) is 19.4 Å². The molecule has 2 fully saturated rings. The molecule has 2 aliphatic rings. The Kier molecular flexibility index (Phi) is 0.884. The van der Waals surface area contributed by atoms with Crippen molar-refractivity contribution in [1.29, 1.82) is 0 Å². The van der Waals surface area contributed by atoms with E-state index in [1.807, 2.05) is 0 Å². The zero-order valence-corrected chi connectivity index (χ0v) is 5.35. The van der Waals surface area contributed by atoms with Crippen molar-refractivity contribution in [2.45, 2.75) is 25.8 Å². The van der Waals surface area contributed by atoms with E-state index in [0.29, 0.717) is 0 Å². The molecule has 0 aromatic carbocycles. The normalized spacial score (nSPS) is 52.9. The van der Waals surface area contributed by atoms with Crippen molar-refractivity contribution in [2.75, 3.05) is 6.54 Å². The minimum absolute atomic E-state index is 0.889. The van der Waals surface area contributed by atoms with Gasteiger partial charge in [-0.2, -0.15) is 0 Å². The van der Waals surface area contributed by atoms with Crippen molar-refractivity contribution in [3.63, 3.8) is 0 Å². The summed E-state index contributed by atoms with van der Waals surface area (Å²) in [6.07, 6.45) is 2.94. The Labute approximate surface area is 50.5 Å². The highest BCUT2D eigenvalue weighted by Crippen LogP contribution is 2.35. The van der Waals surface area contributed by atoms with Crippen LogP contribution in [-0.2, 0) is 0 Å². The Balaban J connectivity index is 2.11. The van der Waals surface area contributed by atoms with Gasteiger partial charge in [0.25, 0.3) is 0 Å². The molecule has 0 spiro atoms. The van der Waals surface area contributed by atoms with Crippen LogP contribution in [0.25, 0.3) is 0 Å². The van der Waals surface area contributed by atoms with Crippen molar-refractivity contribution >= 4 is 0 Å². The minimum atomic E-state index is 0.889. The summed E-state index contributed by atoms with van der Waals surface area (Å²) >= 11 is 0. The SMILES string of the molecule is C[C@H]1C[C@@H]2CN[C@H]1C2. The van der Waals surface area contributed by atoms with Crippen molar-refractivity contribution in [2.24, 2.45) is 11.8 Å². The van der Waals surface area contributed by atoms with Crippen LogP contribution in [0.2, 0.25) is 0 Å². The van der Waals surface area contributed by atoms with E-state index >= 15 is 0 Å². The minimum Gasteiger partial charge on any atom is -0.313 e. The molecular formula is C7H13N. The van der Waals surface area contributed by atoms with Gasteiger partial charge in [0.15, 0.2) is 0 Å². The van der Waals surface area contributed by atoms with Crippen molar-refractivity contribution in [3.8, 4) is 0 Å². The van der Waals surface area contributed by atoms with Gasteiger partial charge in [0, 0.05) is 6.04 Å². The molecule has 1 nitrogen and oxygen atoms in total. The van der Waals surface area contributed by atoms with Gasteiger partial charge in [0.1, 0.15) is 0 Å². The fourth-order valence-electron chi connectivity index (χ4n) is 2.15. The van der Waals surface area contributed by atoms with Gasteiger partial charge in [-0.25, -0.2) is 0 Å². The van der Waals surface area contributed by atoms with Gasteiger partial charge in [0.2, 0.25) is 0 Å². The van der Waals surface area contributed by atoms with Crippen LogP contribution in [0.5, 0.6) is 0 Å². The third-order valence-corrected chi connectivity index (χ3v) is 2.65. The average Bonchev–Trinajstić information content (AvgIpc) is 2.23. The second kappa shape index (κ2) is 1.47. The monoisotopic (exact) mass is 111 g/mol. The van der Waals surface area contributed by atoms with Crippen LogP contribution in [0.15, 0.2) is 0 Å². The highest BCUT2D eigenvalue weighted by atomic mass is 15.0. The zero-order chi connectivity index (χ0) is 5.56. The first-order valence-corrected chi connectivity index (χ1v) is 3.59. The number of hydrogen-bond donors (Lipinski definition) is 1. The lowest BCUT2D eigenvalue weighted by Crippen LogP contribution is -2.30. The van der Waals surface area contributed by atoms with E-state index in [0.717, 1.165) is 17.9 Å². The predicted molar refractivity (Wildman–Crippen MR) is 33.7 cm³/mol. The number of fused-ring (bicyclic) bond motifs is 2. The Hall–Kier alpha value is -0.0400. The largest absolute Gasteiger partial charge is 0.313 e. The molecule has 1 aliphatic carbocycles. The Bertz CT molecular complexity index is 98.6. The highest BCUT2D eigenvalue weighted by molar-refractivity contribution is 4.93. The van der Waals surface area contributed by atoms with E-state index in [9.17, 15) is 0 Å². The maximum absolute atomic E-state index is 3.51. The molecule has 2 bridgehead atoms. The Morgan fingerprint density at radius 3 is 2.50 bits per heavy atom. The molecule has 0 aromatic heterocycles. The van der Waals surface area contributed by atoms with E-state index < -0.39 is 0 Å². The van der Waals surface area contributed by atoms with Crippen molar-refractivity contribution in [1.82, 2.24) is 5.32 Å². The van der Waals surface area contributed by atoms with Crippen LogP contribution in [-0.4, -0.2) is 12.6 Å². The van der Waals surface area contributed by atoms with Crippen LogP contribution < -0.4 is 5.32 Å². The lowest BCUT2D eigenvalue weighted by Gasteiger charge is -2.17. The predicted octanol–water partition coefficient (Wildman–Crippen LogP) is 1.00. The van der Waals surface area contributed by atoms with E-state index in [1.54, 1.807) is 0 Å². The first-order chi connectivity index (χ1) is 3.86. The van der Waals surface area contributed by atoms with Crippen molar-refractivity contribution < 1.29 is 0 Å². The van der Waals surface area contributed by atoms with Crippen molar-refractivity contribution in [3.05, 3.63) is 0 Å². The fourth-order valence-corrected chi connectivity index (χ4v) is 2.15. The van der Waals surface area contributed by atoms with Gasteiger partial charge in [-0.15, -0.1) is 0 Å². The van der Waals surface area contributed by atoms with Gasteiger partial charge < -0.3 is 5.32 Å². The second-order valence-corrected chi connectivity index (χ2v) is 3.33. The standard InChI is InChI=1S/C7H13N/c1-5-2-6-3-7(5)8-4-6/h5-8H,2-4H2,1H3/t5-,6-,7-/m0/s1. The molecule has 1 aliphatic heterocycles. The third-order valence-electron chi connectivity index (χ3n) is 2.65. The van der Waals surface area contributed by atoms with E-state index in [4.69, 9.17) is 0 Å². The molecule has 8 heavy (non-hydrogen) atoms. The van der Waals surface area contributed by atoms with Crippen LogP contribution in [0, 0.1) is 11.8 Å². The molecule has 0 unspecified atom stereocenters. The first kappa shape index (κ1) is 4.80. The van der Waals surface area contributed by atoms with Crippen LogP contribution in [0.3, 0.4) is 0 Å². The summed E-state index contributed by atoms with van der Waals surface area (Å²) in [4.78, 5) is 0. The lowest BCUT2D eigenvalue weighted by atomic mass is 10.0. The molecule has 0 amide bonds. The average molecular weight is 111 g/mol. The molecular weight excluding hydrogens is 98.1 g/mol. The second-order valence-electron chi connectivity index (χ2n) is 3.33. The van der Waals surface area contributed by atoms with Gasteiger partial charge in [-0.3, -0.25) is 0 Å². The molecule has 46 valence electrons. The van der Waals surface area contributed by atoms with E-state index in [2.05, 4.69) is 12.2 Å². The van der Waals surface area contributed by atoms with Crippen LogP contribution in [0.4, 0.5) is 0 Å². The molecule has 0 radical (unpaired) electrons. The summed E-state index contributed by atoms with van der Waals surface area (Å²) < 4.78 is 0. The number of rotatable bonds is 0. The molecule has 2 rings (SSSR count). The fraction of sp³-hybridized carbons (Fsp3) is 1.00. The van der Waals surface area contributed by atoms with Crippen LogP contribution in [0.1, 0.15) is 19.8 Å². The quantitative estimate of drug-likeness (QED) is 0.492. The van der Waals surface area contributed by atoms with Gasteiger partial charge >= 0.3 is 0 Å². The van der Waals surface area contributed by atoms with Gasteiger partial charge in [0.05, 0.1) is 0 Å². The summed E-state index contributed by atoms with van der Waals surface area (Å²) in [7, 11) is 0. The molecule has 1 heterocycles. The smallest absolute Gasteiger partial charge is 0.00960 e. The lowest BCUT2D eigenvalue weighted by molar-refractivity contribution is 0.392. The molecule has 1 heteroatoms. The summed E-state index contributed by atoms with van der Waals surface area (Å²) in [6, 6.07) is 0.889. The number of hydrogen-bond acceptors (Lipinski definition) is 1. The maximum atomic E-state index is 3.51. The Morgan fingerprint density at radius 2 is 2.25 bits per heavy atom. The van der Waals surface area contributed by atoms with Gasteiger partial charge in [-0.1, -0.05) is 6.92 Å². The van der Waals surface area contributed by atoms with Gasteiger partial charge in [-0.05, 0) is 31.2 Å². The zero-order valence-electron chi connectivity index (χ0n) is 5.35. The molecule has 3 atom stereocenters. The maximum Gasteiger partial charge on any atom is 0.00960 e. The van der Waals surface area contributed by atoms with E-state index in [-0.39, 0.29) is 0 Å². The molecule has 1 N–H and O–H groups in total. The number of piperidine rings is 1. The Morgan fingerprint density at radius 1 is 1.38 bits per heavy atom. The number of nitrogens with one attached hydrogen (secondary N) is 1. The molecule has 1 saturated carbocycles. The summed E-state index contributed by atoms with van der Waals surface area (Å²) in [5.74, 6) is 2.00. The topological polar surface area (TPSA) is 12.0 Å². The summed E-state index contributed by atoms with van der Waals surface area (Å²) in [5, 5.41) is 3.51. The summed E-state index contributed by atoms with van der Waals surface area (Å²) in [5.41, 5.74) is 0. The highest BCUT2D eigenvalue weighted by Gasteiger charge is 2.36.